The van der Waals surface area contributed by atoms with Gasteiger partial charge in [0.2, 0.25) is 9.84 Å². The minimum atomic E-state index is -3.49. The number of rotatable bonds is 7. The highest BCUT2D eigenvalue weighted by Gasteiger charge is 2.20. The molecule has 0 atom stereocenters. The Morgan fingerprint density at radius 3 is 2.36 bits per heavy atom. The van der Waals surface area contributed by atoms with Gasteiger partial charge in [0.25, 0.3) is 0 Å². The summed E-state index contributed by atoms with van der Waals surface area (Å²) in [5.41, 5.74) is 0.833. The Hall–Kier alpha value is -1.33. The molecule has 22 heavy (non-hydrogen) atoms. The first kappa shape index (κ1) is 17.0. The van der Waals surface area contributed by atoms with Gasteiger partial charge in [-0.3, -0.25) is 0 Å². The van der Waals surface area contributed by atoms with Gasteiger partial charge in [-0.1, -0.05) is 41.1 Å². The summed E-state index contributed by atoms with van der Waals surface area (Å²) in [6.07, 6.45) is 1.59. The molecule has 2 aromatic rings. The van der Waals surface area contributed by atoms with Gasteiger partial charge in [0.1, 0.15) is 5.75 Å². The van der Waals surface area contributed by atoms with Gasteiger partial charge in [0.15, 0.2) is 0 Å². The highest BCUT2D eigenvalue weighted by molar-refractivity contribution is 9.09. The molecule has 118 valence electrons. The maximum absolute atomic E-state index is 12.7. The van der Waals surface area contributed by atoms with Crippen molar-refractivity contribution in [3.05, 3.63) is 54.1 Å². The molecule has 3 nitrogen and oxygen atoms in total. The molecule has 0 N–H and O–H groups in total. The summed E-state index contributed by atoms with van der Waals surface area (Å²) in [6.45, 7) is 2.56. The lowest BCUT2D eigenvalue weighted by Gasteiger charge is -2.10. The molecule has 0 bridgehead atoms. The first-order valence-corrected chi connectivity index (χ1v) is 9.82. The maximum Gasteiger partial charge on any atom is 0.206 e. The third-order valence-electron chi connectivity index (χ3n) is 3.32. The summed E-state index contributed by atoms with van der Waals surface area (Å²) in [5, 5.41) is 0.882. The number of aryl methyl sites for hydroxylation is 1. The van der Waals surface area contributed by atoms with Crippen LogP contribution in [-0.2, 0) is 16.3 Å². The topological polar surface area (TPSA) is 43.4 Å². The van der Waals surface area contributed by atoms with Crippen molar-refractivity contribution >= 4 is 25.8 Å². The zero-order chi connectivity index (χ0) is 16.0. The van der Waals surface area contributed by atoms with E-state index < -0.39 is 9.84 Å². The third-order valence-corrected chi connectivity index (χ3v) is 5.75. The Balaban J connectivity index is 2.26. The van der Waals surface area contributed by atoms with Crippen LogP contribution in [0.15, 0.2) is 58.3 Å². The predicted octanol–water partition coefficient (Wildman–Crippen LogP) is 4.25. The first-order chi connectivity index (χ1) is 10.6. The van der Waals surface area contributed by atoms with Crippen LogP contribution in [0.25, 0.3) is 0 Å². The number of hydrogen-bond donors (Lipinski definition) is 0. The molecule has 0 fully saturated rings. The number of halogens is 1. The van der Waals surface area contributed by atoms with Crippen LogP contribution in [0, 0.1) is 0 Å². The van der Waals surface area contributed by atoms with Crippen molar-refractivity contribution in [2.45, 2.75) is 29.6 Å². The lowest BCUT2D eigenvalue weighted by molar-refractivity contribution is 0.319. The summed E-state index contributed by atoms with van der Waals surface area (Å²) in [4.78, 5) is 0.673. The molecule has 0 saturated carbocycles. The summed E-state index contributed by atoms with van der Waals surface area (Å²) < 4.78 is 31.0. The van der Waals surface area contributed by atoms with Crippen LogP contribution in [0.4, 0.5) is 0 Å². The van der Waals surface area contributed by atoms with Crippen molar-refractivity contribution in [2.75, 3.05) is 11.9 Å². The molecule has 5 heteroatoms. The third kappa shape index (κ3) is 3.90. The van der Waals surface area contributed by atoms with Crippen molar-refractivity contribution < 1.29 is 13.2 Å². The van der Waals surface area contributed by atoms with E-state index in [0.717, 1.165) is 17.3 Å². The van der Waals surface area contributed by atoms with Crippen LogP contribution in [0.1, 0.15) is 18.9 Å². The van der Waals surface area contributed by atoms with Gasteiger partial charge in [-0.25, -0.2) is 8.42 Å². The SMILES string of the molecule is CCc1ccccc1S(=O)(=O)c1ccc(OCCCBr)cc1. The molecule has 0 heterocycles. The van der Waals surface area contributed by atoms with Gasteiger partial charge >= 0.3 is 0 Å². The Morgan fingerprint density at radius 2 is 1.73 bits per heavy atom. The van der Waals surface area contributed by atoms with E-state index in [1.807, 2.05) is 19.1 Å². The lowest BCUT2D eigenvalue weighted by Crippen LogP contribution is -2.05. The Morgan fingerprint density at radius 1 is 1.05 bits per heavy atom. The minimum Gasteiger partial charge on any atom is -0.494 e. The molecule has 0 radical (unpaired) electrons. The standard InChI is InChI=1S/C17H19BrO3S/c1-2-14-6-3-4-7-17(14)22(19,20)16-10-8-15(9-11-16)21-13-5-12-18/h3-4,6-11H,2,5,12-13H2,1H3. The molecule has 0 aliphatic heterocycles. The molecule has 0 spiro atoms. The fourth-order valence-corrected chi connectivity index (χ4v) is 3.94. The van der Waals surface area contributed by atoms with Crippen molar-refractivity contribution in [1.82, 2.24) is 0 Å². The monoisotopic (exact) mass is 382 g/mol. The van der Waals surface area contributed by atoms with E-state index in [0.29, 0.717) is 28.6 Å². The van der Waals surface area contributed by atoms with Crippen LogP contribution < -0.4 is 4.74 Å². The van der Waals surface area contributed by atoms with E-state index >= 15 is 0 Å². The molecule has 2 rings (SSSR count). The number of ether oxygens (including phenoxy) is 1. The Bertz CT molecular complexity index is 709. The maximum atomic E-state index is 12.7. The molecule has 0 aliphatic rings. The number of sulfone groups is 1. The van der Waals surface area contributed by atoms with Crippen LogP contribution in [-0.4, -0.2) is 20.4 Å². The Kier molecular flexibility index (Phi) is 6.03. The minimum absolute atomic E-state index is 0.293. The predicted molar refractivity (Wildman–Crippen MR) is 91.6 cm³/mol. The lowest BCUT2D eigenvalue weighted by atomic mass is 10.2. The van der Waals surface area contributed by atoms with E-state index in [9.17, 15) is 8.42 Å². The largest absolute Gasteiger partial charge is 0.494 e. The fraction of sp³-hybridized carbons (Fsp3) is 0.294. The molecule has 2 aromatic carbocycles. The summed E-state index contributed by atoms with van der Waals surface area (Å²) in [7, 11) is -3.49. The van der Waals surface area contributed by atoms with Crippen molar-refractivity contribution in [2.24, 2.45) is 0 Å². The van der Waals surface area contributed by atoms with Gasteiger partial charge in [-0.05, 0) is 48.7 Å². The second-order valence-electron chi connectivity index (χ2n) is 4.83. The highest BCUT2D eigenvalue weighted by atomic mass is 79.9. The number of benzene rings is 2. The van der Waals surface area contributed by atoms with Gasteiger partial charge < -0.3 is 4.74 Å². The van der Waals surface area contributed by atoms with Crippen molar-refractivity contribution in [3.63, 3.8) is 0 Å². The number of hydrogen-bond acceptors (Lipinski definition) is 3. The highest BCUT2D eigenvalue weighted by Crippen LogP contribution is 2.26. The molecule has 0 aliphatic carbocycles. The summed E-state index contributed by atoms with van der Waals surface area (Å²) >= 11 is 3.34. The molecule has 0 aromatic heterocycles. The zero-order valence-corrected chi connectivity index (χ0v) is 14.9. The Labute approximate surface area is 140 Å². The van der Waals surface area contributed by atoms with E-state index in [1.165, 1.54) is 0 Å². The zero-order valence-electron chi connectivity index (χ0n) is 12.5. The van der Waals surface area contributed by atoms with Crippen LogP contribution in [0.2, 0.25) is 0 Å². The van der Waals surface area contributed by atoms with E-state index in [4.69, 9.17) is 4.74 Å². The average Bonchev–Trinajstić information content (AvgIpc) is 2.55. The second-order valence-corrected chi connectivity index (χ2v) is 7.54. The average molecular weight is 383 g/mol. The number of alkyl halides is 1. The van der Waals surface area contributed by atoms with Gasteiger partial charge in [0.05, 0.1) is 16.4 Å². The molecular weight excluding hydrogens is 364 g/mol. The first-order valence-electron chi connectivity index (χ1n) is 7.21. The summed E-state index contributed by atoms with van der Waals surface area (Å²) in [6, 6.07) is 13.7. The van der Waals surface area contributed by atoms with Crippen LogP contribution in [0.5, 0.6) is 5.75 Å². The smallest absolute Gasteiger partial charge is 0.206 e. The van der Waals surface area contributed by atoms with Crippen LogP contribution >= 0.6 is 15.9 Å². The van der Waals surface area contributed by atoms with Crippen LogP contribution in [0.3, 0.4) is 0 Å². The van der Waals surface area contributed by atoms with E-state index in [-0.39, 0.29) is 0 Å². The van der Waals surface area contributed by atoms with E-state index in [1.54, 1.807) is 36.4 Å². The normalized spacial score (nSPS) is 11.4. The second kappa shape index (κ2) is 7.79. The molecule has 0 saturated heterocycles. The van der Waals surface area contributed by atoms with E-state index in [2.05, 4.69) is 15.9 Å². The molecule has 0 unspecified atom stereocenters. The summed E-state index contributed by atoms with van der Waals surface area (Å²) in [5.74, 6) is 0.684. The van der Waals surface area contributed by atoms with Crippen molar-refractivity contribution in [1.29, 1.82) is 0 Å². The molecular formula is C17H19BrO3S. The van der Waals surface area contributed by atoms with Crippen molar-refractivity contribution in [3.8, 4) is 5.75 Å². The quantitative estimate of drug-likeness (QED) is 0.531. The van der Waals surface area contributed by atoms with Gasteiger partial charge in [-0.15, -0.1) is 0 Å². The fourth-order valence-electron chi connectivity index (χ4n) is 2.14. The van der Waals surface area contributed by atoms with Gasteiger partial charge in [-0.2, -0.15) is 0 Å². The van der Waals surface area contributed by atoms with Gasteiger partial charge in [0, 0.05) is 5.33 Å². The molecule has 0 amide bonds.